The van der Waals surface area contributed by atoms with Crippen LogP contribution in [0.25, 0.3) is 10.9 Å². The van der Waals surface area contributed by atoms with E-state index in [4.69, 9.17) is 10.5 Å². The standard InChI is InChI=1S/C18H24N2O/c19-16-6-4-5-14-8-12-20(17(14)16)13-15-7-11-18(21-15)9-2-1-3-10-18/h4-6,8,12,15H,1-3,7,9-11,13,19H2. The van der Waals surface area contributed by atoms with Crippen LogP contribution in [-0.2, 0) is 11.3 Å². The van der Waals surface area contributed by atoms with Crippen molar-refractivity contribution in [2.45, 2.75) is 63.2 Å². The highest BCUT2D eigenvalue weighted by Gasteiger charge is 2.40. The van der Waals surface area contributed by atoms with Crippen LogP contribution in [-0.4, -0.2) is 16.3 Å². The monoisotopic (exact) mass is 284 g/mol. The van der Waals surface area contributed by atoms with Crippen LogP contribution >= 0.6 is 0 Å². The normalized spacial score (nSPS) is 24.9. The molecule has 1 aromatic heterocycles. The zero-order chi connectivity index (χ0) is 14.3. The molecule has 0 bridgehead atoms. The quantitative estimate of drug-likeness (QED) is 0.843. The molecule has 2 heterocycles. The summed E-state index contributed by atoms with van der Waals surface area (Å²) >= 11 is 0. The number of nitrogen functional groups attached to an aromatic ring is 1. The molecule has 1 aliphatic heterocycles. The second-order valence-corrected chi connectivity index (χ2v) is 6.78. The van der Waals surface area contributed by atoms with Crippen LogP contribution < -0.4 is 5.73 Å². The van der Waals surface area contributed by atoms with Crippen molar-refractivity contribution in [1.29, 1.82) is 0 Å². The van der Waals surface area contributed by atoms with Crippen molar-refractivity contribution in [3.8, 4) is 0 Å². The molecule has 0 radical (unpaired) electrons. The summed E-state index contributed by atoms with van der Waals surface area (Å²) in [5, 5.41) is 1.22. The van der Waals surface area contributed by atoms with Crippen LogP contribution in [0.2, 0.25) is 0 Å². The second kappa shape index (κ2) is 5.06. The first-order chi connectivity index (χ1) is 10.3. The summed E-state index contributed by atoms with van der Waals surface area (Å²) in [7, 11) is 0. The minimum absolute atomic E-state index is 0.206. The van der Waals surface area contributed by atoms with Gasteiger partial charge < -0.3 is 15.0 Å². The number of hydrogen-bond acceptors (Lipinski definition) is 2. The Labute approximate surface area is 126 Å². The maximum atomic E-state index is 6.49. The SMILES string of the molecule is Nc1cccc2ccn(CC3CCC4(CCCCC4)O3)c12. The Hall–Kier alpha value is -1.48. The fourth-order valence-electron chi connectivity index (χ4n) is 4.25. The number of anilines is 1. The molecule has 1 atom stereocenters. The lowest BCUT2D eigenvalue weighted by Crippen LogP contribution is -2.32. The van der Waals surface area contributed by atoms with Gasteiger partial charge >= 0.3 is 0 Å². The lowest BCUT2D eigenvalue weighted by Gasteiger charge is -2.33. The first kappa shape index (κ1) is 13.2. The summed E-state index contributed by atoms with van der Waals surface area (Å²) < 4.78 is 8.77. The summed E-state index contributed by atoms with van der Waals surface area (Å²) in [4.78, 5) is 0. The molecule has 1 saturated carbocycles. The fraction of sp³-hybridized carbons (Fsp3) is 0.556. The van der Waals surface area contributed by atoms with E-state index in [0.29, 0.717) is 6.10 Å². The number of nitrogens with zero attached hydrogens (tertiary/aromatic N) is 1. The third-order valence-corrected chi connectivity index (χ3v) is 5.32. The number of nitrogens with two attached hydrogens (primary N) is 1. The summed E-state index contributed by atoms with van der Waals surface area (Å²) in [5.74, 6) is 0. The average molecular weight is 284 g/mol. The van der Waals surface area contributed by atoms with Gasteiger partial charge in [-0.3, -0.25) is 0 Å². The highest BCUT2D eigenvalue weighted by Crippen LogP contribution is 2.42. The first-order valence-corrected chi connectivity index (χ1v) is 8.27. The van der Waals surface area contributed by atoms with Crippen molar-refractivity contribution in [3.05, 3.63) is 30.5 Å². The van der Waals surface area contributed by atoms with Crippen LogP contribution in [0.15, 0.2) is 30.5 Å². The Kier molecular flexibility index (Phi) is 3.18. The largest absolute Gasteiger partial charge is 0.397 e. The van der Waals surface area contributed by atoms with Crippen LogP contribution in [0.4, 0.5) is 5.69 Å². The van der Waals surface area contributed by atoms with E-state index < -0.39 is 0 Å². The number of benzene rings is 1. The zero-order valence-corrected chi connectivity index (χ0v) is 12.6. The van der Waals surface area contributed by atoms with E-state index in [1.165, 1.54) is 50.3 Å². The minimum Gasteiger partial charge on any atom is -0.397 e. The molecular formula is C18H24N2O. The van der Waals surface area contributed by atoms with Gasteiger partial charge in [-0.2, -0.15) is 0 Å². The van der Waals surface area contributed by atoms with Crippen molar-refractivity contribution in [2.24, 2.45) is 0 Å². The van der Waals surface area contributed by atoms with Crippen molar-refractivity contribution in [3.63, 3.8) is 0 Å². The van der Waals surface area contributed by atoms with Gasteiger partial charge in [0.2, 0.25) is 0 Å². The third-order valence-electron chi connectivity index (χ3n) is 5.32. The molecule has 1 aliphatic carbocycles. The van der Waals surface area contributed by atoms with Gasteiger partial charge in [-0.15, -0.1) is 0 Å². The number of fused-ring (bicyclic) bond motifs is 1. The molecule has 4 rings (SSSR count). The van der Waals surface area contributed by atoms with Gasteiger partial charge in [0.15, 0.2) is 0 Å². The van der Waals surface area contributed by atoms with Gasteiger partial charge in [0.05, 0.1) is 22.9 Å². The van der Waals surface area contributed by atoms with Gasteiger partial charge in [-0.1, -0.05) is 31.4 Å². The molecule has 3 nitrogen and oxygen atoms in total. The highest BCUT2D eigenvalue weighted by atomic mass is 16.5. The topological polar surface area (TPSA) is 40.2 Å². The van der Waals surface area contributed by atoms with Gasteiger partial charge in [0.25, 0.3) is 0 Å². The maximum Gasteiger partial charge on any atom is 0.0762 e. The van der Waals surface area contributed by atoms with Crippen molar-refractivity contribution in [1.82, 2.24) is 4.57 Å². The van der Waals surface area contributed by atoms with Crippen LogP contribution in [0.1, 0.15) is 44.9 Å². The number of aromatic nitrogens is 1. The smallest absolute Gasteiger partial charge is 0.0762 e. The molecule has 3 heteroatoms. The summed E-state index contributed by atoms with van der Waals surface area (Å²) in [6.07, 6.45) is 11.5. The number of rotatable bonds is 2. The molecular weight excluding hydrogens is 260 g/mol. The zero-order valence-electron chi connectivity index (χ0n) is 12.6. The van der Waals surface area contributed by atoms with E-state index in [1.54, 1.807) is 0 Å². The molecule has 21 heavy (non-hydrogen) atoms. The Morgan fingerprint density at radius 2 is 2.00 bits per heavy atom. The highest BCUT2D eigenvalue weighted by molar-refractivity contribution is 5.90. The first-order valence-electron chi connectivity index (χ1n) is 8.27. The van der Waals surface area contributed by atoms with E-state index in [0.717, 1.165) is 17.7 Å². The summed E-state index contributed by atoms with van der Waals surface area (Å²) in [6.45, 7) is 0.930. The molecule has 1 spiro atoms. The molecule has 1 saturated heterocycles. The lowest BCUT2D eigenvalue weighted by atomic mass is 9.83. The Balaban J connectivity index is 1.53. The minimum atomic E-state index is 0.206. The van der Waals surface area contributed by atoms with Gasteiger partial charge in [-0.05, 0) is 37.8 Å². The van der Waals surface area contributed by atoms with E-state index in [1.807, 2.05) is 12.1 Å². The second-order valence-electron chi connectivity index (χ2n) is 6.78. The molecule has 0 amide bonds. The van der Waals surface area contributed by atoms with Crippen LogP contribution in [0.5, 0.6) is 0 Å². The predicted molar refractivity (Wildman–Crippen MR) is 86.3 cm³/mol. The number of para-hydroxylation sites is 1. The number of hydrogen-bond donors (Lipinski definition) is 1. The van der Waals surface area contributed by atoms with Gasteiger partial charge in [0, 0.05) is 18.1 Å². The summed E-state index contributed by atoms with van der Waals surface area (Å²) in [5.41, 5.74) is 8.38. The van der Waals surface area contributed by atoms with E-state index in [2.05, 4.69) is 22.9 Å². The Bertz CT molecular complexity index is 640. The van der Waals surface area contributed by atoms with Crippen molar-refractivity contribution in [2.75, 3.05) is 5.73 Å². The van der Waals surface area contributed by atoms with E-state index >= 15 is 0 Å². The van der Waals surface area contributed by atoms with Gasteiger partial charge in [0.1, 0.15) is 0 Å². The molecule has 112 valence electrons. The van der Waals surface area contributed by atoms with Crippen LogP contribution in [0, 0.1) is 0 Å². The maximum absolute atomic E-state index is 6.49. The van der Waals surface area contributed by atoms with E-state index in [9.17, 15) is 0 Å². The molecule has 2 aromatic rings. The fourth-order valence-corrected chi connectivity index (χ4v) is 4.25. The third kappa shape index (κ3) is 2.34. The molecule has 2 aliphatic rings. The van der Waals surface area contributed by atoms with E-state index in [-0.39, 0.29) is 5.60 Å². The lowest BCUT2D eigenvalue weighted by molar-refractivity contribution is -0.0676. The predicted octanol–water partition coefficient (Wildman–Crippen LogP) is 4.11. The molecule has 2 N–H and O–H groups in total. The molecule has 1 aromatic carbocycles. The number of ether oxygens (including phenoxy) is 1. The molecule has 2 fully saturated rings. The summed E-state index contributed by atoms with van der Waals surface area (Å²) in [6, 6.07) is 8.28. The Morgan fingerprint density at radius 1 is 1.14 bits per heavy atom. The molecule has 1 unspecified atom stereocenters. The van der Waals surface area contributed by atoms with Gasteiger partial charge in [-0.25, -0.2) is 0 Å². The van der Waals surface area contributed by atoms with Crippen molar-refractivity contribution >= 4 is 16.6 Å². The van der Waals surface area contributed by atoms with Crippen molar-refractivity contribution < 1.29 is 4.74 Å². The Morgan fingerprint density at radius 3 is 2.86 bits per heavy atom. The van der Waals surface area contributed by atoms with Crippen LogP contribution in [0.3, 0.4) is 0 Å². The average Bonchev–Trinajstić information content (AvgIpc) is 3.07.